The third kappa shape index (κ3) is 8.58. The van der Waals surface area contributed by atoms with Crippen molar-refractivity contribution in [3.8, 4) is 11.5 Å². The van der Waals surface area contributed by atoms with Gasteiger partial charge in [0.1, 0.15) is 12.2 Å². The lowest BCUT2D eigenvalue weighted by Gasteiger charge is -2.44. The molecule has 262 valence electrons. The van der Waals surface area contributed by atoms with Crippen LogP contribution in [0.1, 0.15) is 57.5 Å². The minimum absolute atomic E-state index is 0.0477. The summed E-state index contributed by atoms with van der Waals surface area (Å²) >= 11 is 12.9. The molecule has 3 aliphatic heterocycles. The molecule has 1 aromatic heterocycles. The molecule has 0 amide bonds. The van der Waals surface area contributed by atoms with Gasteiger partial charge < -0.3 is 24.3 Å². The zero-order valence-corrected chi connectivity index (χ0v) is 29.7. The molecule has 1 unspecified atom stereocenters. The fraction of sp³-hybridized carbons (Fsp3) is 0.359. The molecule has 0 aliphatic carbocycles. The number of halogens is 2. The van der Waals surface area contributed by atoms with E-state index in [2.05, 4.69) is 15.2 Å². The third-order valence-electron chi connectivity index (χ3n) is 9.59. The number of benzene rings is 3. The fourth-order valence-electron chi connectivity index (χ4n) is 6.71. The van der Waals surface area contributed by atoms with E-state index in [0.29, 0.717) is 57.2 Å². The zero-order valence-electron chi connectivity index (χ0n) is 28.1. The van der Waals surface area contributed by atoms with Gasteiger partial charge in [-0.2, -0.15) is 0 Å². The van der Waals surface area contributed by atoms with Gasteiger partial charge in [-0.25, -0.2) is 4.79 Å². The number of esters is 2. The summed E-state index contributed by atoms with van der Waals surface area (Å²) in [7, 11) is 3.10. The van der Waals surface area contributed by atoms with Gasteiger partial charge in [0.15, 0.2) is 11.5 Å². The average Bonchev–Trinajstić information content (AvgIpc) is 3.15. The van der Waals surface area contributed by atoms with Crippen LogP contribution in [0, 0.1) is 5.92 Å². The fourth-order valence-corrected chi connectivity index (χ4v) is 7.23. The van der Waals surface area contributed by atoms with E-state index >= 15 is 0 Å². The Kier molecular flexibility index (Phi) is 11.9. The molecule has 9 nitrogen and oxygen atoms in total. The Balaban J connectivity index is 1.11. The van der Waals surface area contributed by atoms with Crippen LogP contribution in [-0.4, -0.2) is 68.3 Å². The van der Waals surface area contributed by atoms with Crippen molar-refractivity contribution in [2.24, 2.45) is 5.92 Å². The molecular formula is C39H41Cl2N3O6. The van der Waals surface area contributed by atoms with Crippen LogP contribution in [0.3, 0.4) is 0 Å². The number of fused-ring (bicyclic) bond motifs is 3. The van der Waals surface area contributed by atoms with Crippen molar-refractivity contribution in [1.29, 1.82) is 0 Å². The van der Waals surface area contributed by atoms with Crippen LogP contribution in [0.25, 0.3) is 0 Å². The van der Waals surface area contributed by atoms with Crippen LogP contribution < -0.4 is 14.8 Å². The second kappa shape index (κ2) is 16.7. The number of carbonyl (C=O) groups excluding carboxylic acids is 2. The predicted octanol–water partition coefficient (Wildman–Crippen LogP) is 7.06. The van der Waals surface area contributed by atoms with E-state index in [1.807, 2.05) is 48.5 Å². The predicted molar refractivity (Wildman–Crippen MR) is 192 cm³/mol. The molecule has 11 heteroatoms. The molecule has 4 heterocycles. The van der Waals surface area contributed by atoms with Crippen molar-refractivity contribution in [3.63, 3.8) is 0 Å². The van der Waals surface area contributed by atoms with Gasteiger partial charge in [-0.05, 0) is 78.4 Å². The maximum Gasteiger partial charge on any atom is 0.338 e. The monoisotopic (exact) mass is 717 g/mol. The number of hydrogen-bond donors (Lipinski definition) is 1. The molecule has 3 atom stereocenters. The first kappa shape index (κ1) is 35.7. The Labute approximate surface area is 302 Å². The number of pyridine rings is 1. The lowest BCUT2D eigenvalue weighted by atomic mass is 9.85. The second-order valence-electron chi connectivity index (χ2n) is 12.7. The van der Waals surface area contributed by atoms with E-state index in [9.17, 15) is 9.59 Å². The summed E-state index contributed by atoms with van der Waals surface area (Å²) < 4.78 is 23.1. The first-order valence-corrected chi connectivity index (χ1v) is 17.6. The van der Waals surface area contributed by atoms with Gasteiger partial charge in [-0.15, -0.1) is 0 Å². The standard InChI is InChI=1S/C39H41Cl2N3O6/c1-47-34-13-12-29(18-36(34)48-2)35(19-30-32(40)22-43-23-33(30)41)49-38(45)28-10-8-25(9-11-28)20-42-21-31(26-6-4-3-5-7-26)39(46)50-37-24-44-16-14-27(37)15-17-44/h3-13,18,22-23,27,31,35,37,42H,14-17,19-21,24H2,1-2H3/t31?,35-,37-/m0/s1. The van der Waals surface area contributed by atoms with Crippen LogP contribution in [0.15, 0.2) is 85.2 Å². The highest BCUT2D eigenvalue weighted by atomic mass is 35.5. The molecule has 0 radical (unpaired) electrons. The van der Waals surface area contributed by atoms with E-state index in [1.165, 1.54) is 12.4 Å². The normalized spacial score (nSPS) is 19.3. The Hall–Kier alpha value is -4.15. The Morgan fingerprint density at radius 2 is 1.60 bits per heavy atom. The third-order valence-corrected chi connectivity index (χ3v) is 10.2. The van der Waals surface area contributed by atoms with Crippen molar-refractivity contribution in [3.05, 3.63) is 123 Å². The largest absolute Gasteiger partial charge is 0.493 e. The second-order valence-corrected chi connectivity index (χ2v) is 13.5. The van der Waals surface area contributed by atoms with Crippen LogP contribution >= 0.6 is 23.2 Å². The maximum absolute atomic E-state index is 13.5. The molecular weight excluding hydrogens is 677 g/mol. The average molecular weight is 719 g/mol. The molecule has 7 rings (SSSR count). The van der Waals surface area contributed by atoms with Crippen molar-refractivity contribution < 1.29 is 28.5 Å². The number of nitrogens with one attached hydrogen (secondary N) is 1. The molecule has 2 bridgehead atoms. The molecule has 4 aromatic rings. The SMILES string of the molecule is COc1ccc([C@H](Cc2c(Cl)cncc2Cl)OC(=O)c2ccc(CNCC(C(=O)O[C@H]3CN4CCC3CC4)c3ccccc3)cc2)cc1OC. The number of rotatable bonds is 14. The van der Waals surface area contributed by atoms with Gasteiger partial charge in [0.25, 0.3) is 0 Å². The van der Waals surface area contributed by atoms with Crippen molar-refractivity contribution in [2.45, 2.75) is 43.9 Å². The number of piperidine rings is 3. The summed E-state index contributed by atoms with van der Waals surface area (Å²) in [4.78, 5) is 33.4. The Morgan fingerprint density at radius 3 is 2.24 bits per heavy atom. The minimum atomic E-state index is -0.739. The van der Waals surface area contributed by atoms with E-state index in [-0.39, 0.29) is 18.5 Å². The molecule has 3 aromatic carbocycles. The van der Waals surface area contributed by atoms with Crippen LogP contribution in [0.4, 0.5) is 0 Å². The van der Waals surface area contributed by atoms with Crippen LogP contribution in [-0.2, 0) is 27.2 Å². The van der Waals surface area contributed by atoms with E-state index in [4.69, 9.17) is 42.1 Å². The Bertz CT molecular complexity index is 1750. The Morgan fingerprint density at radius 1 is 0.900 bits per heavy atom. The molecule has 50 heavy (non-hydrogen) atoms. The molecule has 1 N–H and O–H groups in total. The number of hydrogen-bond acceptors (Lipinski definition) is 9. The van der Waals surface area contributed by atoms with E-state index in [0.717, 1.165) is 43.6 Å². The van der Waals surface area contributed by atoms with E-state index < -0.39 is 18.0 Å². The minimum Gasteiger partial charge on any atom is -0.493 e. The first-order chi connectivity index (χ1) is 24.3. The number of aromatic nitrogens is 1. The van der Waals surface area contributed by atoms with Crippen LogP contribution in [0.2, 0.25) is 10.0 Å². The lowest BCUT2D eigenvalue weighted by Crippen LogP contribution is -2.52. The molecule has 0 saturated carbocycles. The molecule has 0 spiro atoms. The van der Waals surface area contributed by atoms with E-state index in [1.54, 1.807) is 38.5 Å². The summed E-state index contributed by atoms with van der Waals surface area (Å²) in [5, 5.41) is 4.18. The van der Waals surface area contributed by atoms with Gasteiger partial charge in [-0.3, -0.25) is 14.7 Å². The number of ether oxygens (including phenoxy) is 4. The summed E-state index contributed by atoms with van der Waals surface area (Å²) in [5.41, 5.74) is 3.54. The van der Waals surface area contributed by atoms with Gasteiger partial charge in [0.05, 0.1) is 35.7 Å². The van der Waals surface area contributed by atoms with Gasteiger partial charge in [0.2, 0.25) is 0 Å². The zero-order chi connectivity index (χ0) is 35.0. The van der Waals surface area contributed by atoms with Crippen molar-refractivity contribution in [2.75, 3.05) is 40.4 Å². The number of nitrogens with zero attached hydrogens (tertiary/aromatic N) is 2. The molecule has 3 aliphatic rings. The summed E-state index contributed by atoms with van der Waals surface area (Å²) in [5.74, 6) is 0.350. The highest BCUT2D eigenvalue weighted by molar-refractivity contribution is 6.35. The van der Waals surface area contributed by atoms with Crippen LogP contribution in [0.5, 0.6) is 11.5 Å². The maximum atomic E-state index is 13.5. The van der Waals surface area contributed by atoms with Crippen molar-refractivity contribution >= 4 is 35.1 Å². The first-order valence-electron chi connectivity index (χ1n) is 16.8. The molecule has 3 saturated heterocycles. The number of methoxy groups -OCH3 is 2. The summed E-state index contributed by atoms with van der Waals surface area (Å²) in [6.45, 7) is 3.92. The lowest BCUT2D eigenvalue weighted by molar-refractivity contribution is -0.160. The smallest absolute Gasteiger partial charge is 0.338 e. The highest BCUT2D eigenvalue weighted by Gasteiger charge is 2.38. The van der Waals surface area contributed by atoms with Gasteiger partial charge >= 0.3 is 11.9 Å². The topological polar surface area (TPSA) is 99.2 Å². The number of carbonyl (C=O) groups is 2. The molecule has 3 fully saturated rings. The van der Waals surface area contributed by atoms with Crippen molar-refractivity contribution in [1.82, 2.24) is 15.2 Å². The highest BCUT2D eigenvalue weighted by Crippen LogP contribution is 2.36. The van der Waals surface area contributed by atoms with Gasteiger partial charge in [-0.1, -0.05) is 71.7 Å². The van der Waals surface area contributed by atoms with Gasteiger partial charge in [0, 0.05) is 38.4 Å². The summed E-state index contributed by atoms with van der Waals surface area (Å²) in [6.07, 6.45) is 4.61. The summed E-state index contributed by atoms with van der Waals surface area (Å²) in [6, 6.07) is 22.3. The quantitative estimate of drug-likeness (QED) is 0.138.